The van der Waals surface area contributed by atoms with Crippen LogP contribution in [0.25, 0.3) is 0 Å². The van der Waals surface area contributed by atoms with E-state index in [2.05, 4.69) is 10.6 Å². The summed E-state index contributed by atoms with van der Waals surface area (Å²) in [4.78, 5) is 24.8. The van der Waals surface area contributed by atoms with Gasteiger partial charge in [-0.3, -0.25) is 9.59 Å². The van der Waals surface area contributed by atoms with E-state index in [1.165, 1.54) is 0 Å². The van der Waals surface area contributed by atoms with Gasteiger partial charge in [-0.1, -0.05) is 23.7 Å². The Hall–Kier alpha value is -1.24. The predicted octanol–water partition coefficient (Wildman–Crippen LogP) is 2.49. The number of carbonyl (C=O) groups is 2. The number of benzene rings is 1. The Morgan fingerprint density at radius 1 is 1.42 bits per heavy atom. The molecule has 1 fully saturated rings. The van der Waals surface area contributed by atoms with Crippen LogP contribution >= 0.6 is 23.4 Å². The van der Waals surface area contributed by atoms with Gasteiger partial charge in [-0.15, -0.1) is 0 Å². The largest absolute Gasteiger partial charge is 0.376 e. The number of rotatable bonds is 8. The van der Waals surface area contributed by atoms with Gasteiger partial charge in [0.15, 0.2) is 0 Å². The molecule has 0 aromatic heterocycles. The van der Waals surface area contributed by atoms with Crippen molar-refractivity contribution in [3.05, 3.63) is 34.9 Å². The molecule has 0 bridgehead atoms. The number of hydrogen-bond donors (Lipinski definition) is 2. The van der Waals surface area contributed by atoms with E-state index in [1.54, 1.807) is 36.0 Å². The van der Waals surface area contributed by atoms with E-state index in [-0.39, 0.29) is 17.9 Å². The lowest BCUT2D eigenvalue weighted by molar-refractivity contribution is -0.123. The van der Waals surface area contributed by atoms with Gasteiger partial charge in [0.05, 0.1) is 16.7 Å². The van der Waals surface area contributed by atoms with Crippen LogP contribution in [-0.2, 0) is 9.53 Å². The Kier molecular flexibility index (Phi) is 7.88. The van der Waals surface area contributed by atoms with Crippen LogP contribution in [0.5, 0.6) is 0 Å². The zero-order valence-electron chi connectivity index (χ0n) is 13.7. The molecule has 0 radical (unpaired) electrons. The first-order chi connectivity index (χ1) is 11.6. The minimum atomic E-state index is -0.581. The normalized spacial score (nSPS) is 18.2. The molecule has 1 aliphatic heterocycles. The lowest BCUT2D eigenvalue weighted by Gasteiger charge is -2.19. The van der Waals surface area contributed by atoms with E-state index in [4.69, 9.17) is 16.3 Å². The molecule has 2 rings (SSSR count). The number of nitrogens with one attached hydrogen (secondary N) is 2. The van der Waals surface area contributed by atoms with Crippen molar-refractivity contribution in [2.75, 3.05) is 25.2 Å². The summed E-state index contributed by atoms with van der Waals surface area (Å²) in [6.45, 7) is 1.23. The van der Waals surface area contributed by atoms with Gasteiger partial charge in [-0.2, -0.15) is 11.8 Å². The maximum absolute atomic E-state index is 12.4. The molecule has 2 N–H and O–H groups in total. The fourth-order valence-corrected chi connectivity index (χ4v) is 3.22. The van der Waals surface area contributed by atoms with E-state index in [1.807, 2.05) is 6.26 Å². The van der Waals surface area contributed by atoms with Gasteiger partial charge in [0.2, 0.25) is 5.91 Å². The third kappa shape index (κ3) is 5.69. The van der Waals surface area contributed by atoms with E-state index in [0.29, 0.717) is 23.6 Å². The molecule has 5 nitrogen and oxygen atoms in total. The van der Waals surface area contributed by atoms with Crippen molar-refractivity contribution in [3.63, 3.8) is 0 Å². The summed E-state index contributed by atoms with van der Waals surface area (Å²) in [6, 6.07) is 6.23. The Morgan fingerprint density at radius 2 is 2.21 bits per heavy atom. The SMILES string of the molecule is CSCC[C@H](NC(=O)c1ccccc1Cl)C(=O)NC[C@H]1CCCO1. The third-order valence-corrected chi connectivity index (χ3v) is 4.85. The molecule has 1 aromatic carbocycles. The smallest absolute Gasteiger partial charge is 0.253 e. The lowest BCUT2D eigenvalue weighted by Crippen LogP contribution is -2.48. The topological polar surface area (TPSA) is 67.4 Å². The number of halogens is 1. The number of hydrogen-bond acceptors (Lipinski definition) is 4. The molecule has 0 unspecified atom stereocenters. The quantitative estimate of drug-likeness (QED) is 0.737. The van der Waals surface area contributed by atoms with Crippen LogP contribution in [0.4, 0.5) is 0 Å². The summed E-state index contributed by atoms with van der Waals surface area (Å²) >= 11 is 7.69. The van der Waals surface area contributed by atoms with Gasteiger partial charge < -0.3 is 15.4 Å². The van der Waals surface area contributed by atoms with Crippen LogP contribution in [0.15, 0.2) is 24.3 Å². The molecule has 24 heavy (non-hydrogen) atoms. The summed E-state index contributed by atoms with van der Waals surface area (Å²) in [6.07, 6.45) is 4.60. The van der Waals surface area contributed by atoms with E-state index >= 15 is 0 Å². The van der Waals surface area contributed by atoms with Crippen LogP contribution in [-0.4, -0.2) is 49.1 Å². The molecular weight excluding hydrogens is 348 g/mol. The maximum atomic E-state index is 12.4. The number of amides is 2. The average Bonchev–Trinajstić information content (AvgIpc) is 3.10. The van der Waals surface area contributed by atoms with Crippen molar-refractivity contribution in [2.45, 2.75) is 31.4 Å². The molecule has 132 valence electrons. The predicted molar refractivity (Wildman–Crippen MR) is 97.7 cm³/mol. The van der Waals surface area contributed by atoms with E-state index in [0.717, 1.165) is 25.2 Å². The number of ether oxygens (including phenoxy) is 1. The van der Waals surface area contributed by atoms with Gasteiger partial charge >= 0.3 is 0 Å². The molecular formula is C17H23ClN2O3S. The molecule has 2 amide bonds. The Labute approximate surface area is 151 Å². The van der Waals surface area contributed by atoms with Gasteiger partial charge in [0.25, 0.3) is 5.91 Å². The fourth-order valence-electron chi connectivity index (χ4n) is 2.53. The van der Waals surface area contributed by atoms with Gasteiger partial charge in [-0.25, -0.2) is 0 Å². The van der Waals surface area contributed by atoms with Crippen LogP contribution in [0, 0.1) is 0 Å². The second-order valence-electron chi connectivity index (χ2n) is 5.67. The molecule has 1 heterocycles. The Bertz CT molecular complexity index is 565. The molecule has 1 saturated heterocycles. The minimum Gasteiger partial charge on any atom is -0.376 e. The Morgan fingerprint density at radius 3 is 2.88 bits per heavy atom. The maximum Gasteiger partial charge on any atom is 0.253 e. The van der Waals surface area contributed by atoms with Crippen LogP contribution in [0.3, 0.4) is 0 Å². The van der Waals surface area contributed by atoms with E-state index < -0.39 is 6.04 Å². The van der Waals surface area contributed by atoms with Gasteiger partial charge in [0, 0.05) is 13.2 Å². The highest BCUT2D eigenvalue weighted by Gasteiger charge is 2.23. The van der Waals surface area contributed by atoms with Crippen molar-refractivity contribution in [1.82, 2.24) is 10.6 Å². The highest BCUT2D eigenvalue weighted by molar-refractivity contribution is 7.98. The summed E-state index contributed by atoms with van der Waals surface area (Å²) in [5.74, 6) is 0.264. The second-order valence-corrected chi connectivity index (χ2v) is 7.06. The zero-order chi connectivity index (χ0) is 17.4. The summed E-state index contributed by atoms with van der Waals surface area (Å²) in [5.41, 5.74) is 0.375. The van der Waals surface area contributed by atoms with Crippen LogP contribution in [0.2, 0.25) is 5.02 Å². The zero-order valence-corrected chi connectivity index (χ0v) is 15.3. The first-order valence-corrected chi connectivity index (χ1v) is 9.82. The third-order valence-electron chi connectivity index (χ3n) is 3.88. The number of carbonyl (C=O) groups excluding carboxylic acids is 2. The first kappa shape index (κ1) is 19.1. The van der Waals surface area contributed by atoms with Crippen molar-refractivity contribution in [2.24, 2.45) is 0 Å². The second kappa shape index (κ2) is 9.91. The molecule has 7 heteroatoms. The highest BCUT2D eigenvalue weighted by Crippen LogP contribution is 2.15. The first-order valence-electron chi connectivity index (χ1n) is 8.05. The van der Waals surface area contributed by atoms with Crippen molar-refractivity contribution in [3.8, 4) is 0 Å². The van der Waals surface area contributed by atoms with Crippen molar-refractivity contribution in [1.29, 1.82) is 0 Å². The molecule has 0 spiro atoms. The van der Waals surface area contributed by atoms with Gasteiger partial charge in [0.1, 0.15) is 6.04 Å². The van der Waals surface area contributed by atoms with Crippen molar-refractivity contribution >= 4 is 35.2 Å². The fraction of sp³-hybridized carbons (Fsp3) is 0.529. The van der Waals surface area contributed by atoms with Crippen LogP contribution in [0.1, 0.15) is 29.6 Å². The molecule has 0 aliphatic carbocycles. The standard InChI is InChI=1S/C17H23ClN2O3S/c1-24-10-8-15(17(22)19-11-12-5-4-9-23-12)20-16(21)13-6-2-3-7-14(13)18/h2-3,6-7,12,15H,4-5,8-11H2,1H3,(H,19,22)(H,20,21)/t12-,15+/m1/s1. The molecule has 1 aromatic rings. The summed E-state index contributed by atoms with van der Waals surface area (Å²) in [7, 11) is 0. The van der Waals surface area contributed by atoms with Gasteiger partial charge in [-0.05, 0) is 43.4 Å². The summed E-state index contributed by atoms with van der Waals surface area (Å²) < 4.78 is 5.51. The number of thioether (sulfide) groups is 1. The van der Waals surface area contributed by atoms with Crippen molar-refractivity contribution < 1.29 is 14.3 Å². The van der Waals surface area contributed by atoms with E-state index in [9.17, 15) is 9.59 Å². The average molecular weight is 371 g/mol. The lowest BCUT2D eigenvalue weighted by atomic mass is 10.1. The molecule has 2 atom stereocenters. The summed E-state index contributed by atoms with van der Waals surface area (Å²) in [5, 5.41) is 6.05. The monoisotopic (exact) mass is 370 g/mol. The molecule has 1 aliphatic rings. The Balaban J connectivity index is 1.94. The van der Waals surface area contributed by atoms with Crippen LogP contribution < -0.4 is 10.6 Å². The highest BCUT2D eigenvalue weighted by atomic mass is 35.5. The minimum absolute atomic E-state index is 0.0782. The molecule has 0 saturated carbocycles.